The summed E-state index contributed by atoms with van der Waals surface area (Å²) in [6, 6.07) is 28.5. The fourth-order valence-corrected chi connectivity index (χ4v) is 2.77. The average Bonchev–Trinajstić information content (AvgIpc) is 2.76. The lowest BCUT2D eigenvalue weighted by Gasteiger charge is -2.09. The van der Waals surface area contributed by atoms with E-state index in [1.54, 1.807) is 18.5 Å². The van der Waals surface area contributed by atoms with Gasteiger partial charge in [0.25, 0.3) is 5.91 Å². The highest BCUT2D eigenvalue weighted by Crippen LogP contribution is 2.22. The Morgan fingerprint density at radius 1 is 0.714 bits per heavy atom. The normalized spacial score (nSPS) is 10.3. The molecular formula is C23H18N4O. The monoisotopic (exact) mass is 366 g/mol. The molecule has 2 N–H and O–H groups in total. The summed E-state index contributed by atoms with van der Waals surface area (Å²) in [4.78, 5) is 20.8. The number of carbonyl (C=O) groups excluding carboxylic acids is 1. The van der Waals surface area contributed by atoms with Crippen molar-refractivity contribution in [1.29, 1.82) is 0 Å². The van der Waals surface area contributed by atoms with Gasteiger partial charge in [-0.15, -0.1) is 0 Å². The summed E-state index contributed by atoms with van der Waals surface area (Å²) >= 11 is 0. The molecule has 0 unspecified atom stereocenters. The molecule has 0 radical (unpaired) electrons. The van der Waals surface area contributed by atoms with Gasteiger partial charge in [-0.2, -0.15) is 0 Å². The molecule has 0 aliphatic carbocycles. The van der Waals surface area contributed by atoms with Gasteiger partial charge in [0, 0.05) is 28.6 Å². The highest BCUT2D eigenvalue weighted by atomic mass is 16.1. The summed E-state index contributed by atoms with van der Waals surface area (Å²) in [7, 11) is 0. The van der Waals surface area contributed by atoms with Crippen molar-refractivity contribution in [3.8, 4) is 11.3 Å². The zero-order valence-electron chi connectivity index (χ0n) is 15.0. The van der Waals surface area contributed by atoms with Gasteiger partial charge in [0.2, 0.25) is 0 Å². The first-order valence-electron chi connectivity index (χ1n) is 8.89. The third kappa shape index (κ3) is 4.22. The number of amides is 1. The molecule has 1 amide bonds. The van der Waals surface area contributed by atoms with Crippen LogP contribution in [-0.4, -0.2) is 15.9 Å². The molecule has 0 saturated heterocycles. The lowest BCUT2D eigenvalue weighted by Crippen LogP contribution is -2.11. The van der Waals surface area contributed by atoms with E-state index in [2.05, 4.69) is 20.6 Å². The van der Waals surface area contributed by atoms with Crippen LogP contribution in [0.3, 0.4) is 0 Å². The second-order valence-electron chi connectivity index (χ2n) is 6.18. The molecular weight excluding hydrogens is 348 g/mol. The van der Waals surface area contributed by atoms with Crippen LogP contribution in [-0.2, 0) is 0 Å². The number of carbonyl (C=O) groups is 1. The number of benzene rings is 3. The lowest BCUT2D eigenvalue weighted by atomic mass is 10.1. The van der Waals surface area contributed by atoms with Gasteiger partial charge < -0.3 is 10.6 Å². The lowest BCUT2D eigenvalue weighted by molar-refractivity contribution is 0.102. The van der Waals surface area contributed by atoms with E-state index < -0.39 is 0 Å². The van der Waals surface area contributed by atoms with Crippen LogP contribution in [0, 0.1) is 0 Å². The molecule has 5 heteroatoms. The molecule has 3 aromatic carbocycles. The third-order valence-corrected chi connectivity index (χ3v) is 4.19. The van der Waals surface area contributed by atoms with E-state index in [0.717, 1.165) is 22.6 Å². The van der Waals surface area contributed by atoms with Crippen LogP contribution in [0.25, 0.3) is 11.3 Å². The molecule has 136 valence electrons. The van der Waals surface area contributed by atoms with Crippen molar-refractivity contribution < 1.29 is 4.79 Å². The Morgan fingerprint density at radius 2 is 1.36 bits per heavy atom. The van der Waals surface area contributed by atoms with Crippen molar-refractivity contribution in [2.24, 2.45) is 0 Å². The van der Waals surface area contributed by atoms with Crippen LogP contribution in [0.4, 0.5) is 17.2 Å². The average molecular weight is 366 g/mol. The van der Waals surface area contributed by atoms with Gasteiger partial charge in [0.15, 0.2) is 0 Å². The van der Waals surface area contributed by atoms with E-state index >= 15 is 0 Å². The van der Waals surface area contributed by atoms with Gasteiger partial charge >= 0.3 is 0 Å². The summed E-state index contributed by atoms with van der Waals surface area (Å²) in [5.41, 5.74) is 4.11. The molecule has 28 heavy (non-hydrogen) atoms. The van der Waals surface area contributed by atoms with E-state index in [9.17, 15) is 4.79 Å². The fraction of sp³-hybridized carbons (Fsp3) is 0. The van der Waals surface area contributed by atoms with Crippen molar-refractivity contribution >= 4 is 23.1 Å². The number of hydrogen-bond acceptors (Lipinski definition) is 4. The van der Waals surface area contributed by atoms with Gasteiger partial charge in [-0.3, -0.25) is 4.79 Å². The Labute approximate surface area is 163 Å². The van der Waals surface area contributed by atoms with Gasteiger partial charge in [-0.1, -0.05) is 48.5 Å². The molecule has 1 aromatic heterocycles. The molecule has 4 rings (SSSR count). The van der Waals surface area contributed by atoms with E-state index in [1.165, 1.54) is 0 Å². The first-order chi connectivity index (χ1) is 13.8. The van der Waals surface area contributed by atoms with E-state index in [-0.39, 0.29) is 5.91 Å². The van der Waals surface area contributed by atoms with Gasteiger partial charge in [0.1, 0.15) is 12.1 Å². The second-order valence-corrected chi connectivity index (χ2v) is 6.18. The molecule has 0 spiro atoms. The Hall–Kier alpha value is -3.99. The molecule has 0 saturated carbocycles. The van der Waals surface area contributed by atoms with Crippen molar-refractivity contribution in [2.45, 2.75) is 0 Å². The second kappa shape index (κ2) is 8.14. The van der Waals surface area contributed by atoms with Crippen LogP contribution in [0.2, 0.25) is 0 Å². The Kier molecular flexibility index (Phi) is 5.06. The van der Waals surface area contributed by atoms with Crippen molar-refractivity contribution in [1.82, 2.24) is 9.97 Å². The molecule has 5 nitrogen and oxygen atoms in total. The Bertz CT molecular complexity index is 1060. The molecule has 4 aromatic rings. The van der Waals surface area contributed by atoms with Gasteiger partial charge in [-0.25, -0.2) is 9.97 Å². The Balaban J connectivity index is 1.44. The molecule has 0 aliphatic heterocycles. The SMILES string of the molecule is O=C(Nc1ccc(Nc2cc(-c3ccccc3)ncn2)cc1)c1ccccc1. The first-order valence-corrected chi connectivity index (χ1v) is 8.89. The van der Waals surface area contributed by atoms with E-state index in [0.29, 0.717) is 11.4 Å². The van der Waals surface area contributed by atoms with Crippen LogP contribution < -0.4 is 10.6 Å². The van der Waals surface area contributed by atoms with Crippen LogP contribution in [0.5, 0.6) is 0 Å². The zero-order valence-corrected chi connectivity index (χ0v) is 15.0. The van der Waals surface area contributed by atoms with Crippen molar-refractivity contribution in [2.75, 3.05) is 10.6 Å². The summed E-state index contributed by atoms with van der Waals surface area (Å²) < 4.78 is 0. The summed E-state index contributed by atoms with van der Waals surface area (Å²) in [6.07, 6.45) is 1.54. The maximum atomic E-state index is 12.2. The number of nitrogens with zero attached hydrogens (tertiary/aromatic N) is 2. The zero-order chi connectivity index (χ0) is 19.2. The summed E-state index contributed by atoms with van der Waals surface area (Å²) in [5.74, 6) is 0.569. The molecule has 0 atom stereocenters. The number of nitrogens with one attached hydrogen (secondary N) is 2. The van der Waals surface area contributed by atoms with Crippen molar-refractivity contribution in [3.05, 3.63) is 103 Å². The quantitative estimate of drug-likeness (QED) is 0.513. The fourth-order valence-electron chi connectivity index (χ4n) is 2.77. The predicted octanol–water partition coefficient (Wildman–Crippen LogP) is 5.14. The Morgan fingerprint density at radius 3 is 2.07 bits per heavy atom. The predicted molar refractivity (Wildman–Crippen MR) is 112 cm³/mol. The number of hydrogen-bond donors (Lipinski definition) is 2. The van der Waals surface area contributed by atoms with Crippen LogP contribution in [0.1, 0.15) is 10.4 Å². The highest BCUT2D eigenvalue weighted by molar-refractivity contribution is 6.04. The van der Waals surface area contributed by atoms with Crippen molar-refractivity contribution in [3.63, 3.8) is 0 Å². The molecule has 1 heterocycles. The van der Waals surface area contributed by atoms with Crippen LogP contribution in [0.15, 0.2) is 97.3 Å². The number of aromatic nitrogens is 2. The van der Waals surface area contributed by atoms with E-state index in [1.807, 2.05) is 78.9 Å². The first kappa shape index (κ1) is 17.4. The van der Waals surface area contributed by atoms with Gasteiger partial charge in [0.05, 0.1) is 5.69 Å². The molecule has 0 fully saturated rings. The third-order valence-electron chi connectivity index (χ3n) is 4.19. The minimum atomic E-state index is -0.135. The van der Waals surface area contributed by atoms with E-state index in [4.69, 9.17) is 0 Å². The number of rotatable bonds is 5. The summed E-state index contributed by atoms with van der Waals surface area (Å²) in [5, 5.41) is 6.15. The van der Waals surface area contributed by atoms with Gasteiger partial charge in [-0.05, 0) is 36.4 Å². The molecule has 0 aliphatic rings. The highest BCUT2D eigenvalue weighted by Gasteiger charge is 2.06. The topological polar surface area (TPSA) is 66.9 Å². The minimum Gasteiger partial charge on any atom is -0.340 e. The maximum absolute atomic E-state index is 12.2. The molecule has 0 bridgehead atoms. The van der Waals surface area contributed by atoms with Crippen LogP contribution >= 0.6 is 0 Å². The smallest absolute Gasteiger partial charge is 0.255 e. The summed E-state index contributed by atoms with van der Waals surface area (Å²) in [6.45, 7) is 0. The number of anilines is 3. The largest absolute Gasteiger partial charge is 0.340 e. The standard InChI is InChI=1S/C23H18N4O/c28-23(18-9-5-2-6-10-18)27-20-13-11-19(12-14-20)26-22-15-21(24-16-25-22)17-7-3-1-4-8-17/h1-16H,(H,27,28)(H,24,25,26). The minimum absolute atomic E-state index is 0.135. The maximum Gasteiger partial charge on any atom is 0.255 e.